The van der Waals surface area contributed by atoms with E-state index < -0.39 is 0 Å². The molecule has 0 bridgehead atoms. The lowest BCUT2D eigenvalue weighted by Crippen LogP contribution is -2.54. The molecule has 0 radical (unpaired) electrons. The van der Waals surface area contributed by atoms with Crippen LogP contribution < -0.4 is 5.32 Å². The second-order valence-corrected chi connectivity index (χ2v) is 13.1. The van der Waals surface area contributed by atoms with E-state index in [-0.39, 0.29) is 30.6 Å². The fourth-order valence-electron chi connectivity index (χ4n) is 7.09. The van der Waals surface area contributed by atoms with Crippen molar-refractivity contribution in [3.8, 4) is 10.6 Å². The van der Waals surface area contributed by atoms with Crippen molar-refractivity contribution < 1.29 is 14.7 Å². The third-order valence-electron chi connectivity index (χ3n) is 9.55. The van der Waals surface area contributed by atoms with Crippen molar-refractivity contribution in [1.29, 1.82) is 0 Å². The molecule has 1 aliphatic carbocycles. The molecule has 42 heavy (non-hydrogen) atoms. The van der Waals surface area contributed by atoms with Crippen LogP contribution in [0.15, 0.2) is 41.8 Å². The zero-order valence-corrected chi connectivity index (χ0v) is 25.5. The largest absolute Gasteiger partial charge is 0.394 e. The lowest BCUT2D eigenvalue weighted by Gasteiger charge is -2.38. The predicted octanol–water partition coefficient (Wildman–Crippen LogP) is 5.36. The minimum Gasteiger partial charge on any atom is -0.394 e. The fraction of sp³-hybridized carbons (Fsp3) is 0.545. The molecule has 2 saturated heterocycles. The van der Waals surface area contributed by atoms with Crippen molar-refractivity contribution in [2.75, 3.05) is 39.3 Å². The number of fused-ring (bicyclic) bond motifs is 1. The first kappa shape index (κ1) is 29.1. The molecule has 2 aromatic heterocycles. The van der Waals surface area contributed by atoms with E-state index in [1.165, 1.54) is 32.1 Å². The third-order valence-corrected chi connectivity index (χ3v) is 10.4. The van der Waals surface area contributed by atoms with E-state index in [0.717, 1.165) is 65.1 Å². The van der Waals surface area contributed by atoms with Gasteiger partial charge in [-0.15, -0.1) is 11.3 Å². The molecule has 1 aromatic carbocycles. The number of para-hydroxylation sites is 1. The van der Waals surface area contributed by atoms with Crippen molar-refractivity contribution in [3.63, 3.8) is 0 Å². The number of pyridine rings is 1. The highest BCUT2D eigenvalue weighted by Gasteiger charge is 2.33. The molecule has 0 spiro atoms. The molecular formula is C33H43N5O3S. The van der Waals surface area contributed by atoms with E-state index in [2.05, 4.69) is 28.6 Å². The van der Waals surface area contributed by atoms with Gasteiger partial charge in [-0.2, -0.15) is 0 Å². The van der Waals surface area contributed by atoms with Gasteiger partial charge in [-0.3, -0.25) is 9.69 Å². The van der Waals surface area contributed by atoms with Crippen LogP contribution in [0.25, 0.3) is 21.5 Å². The second kappa shape index (κ2) is 13.1. The van der Waals surface area contributed by atoms with Crippen molar-refractivity contribution >= 4 is 34.2 Å². The first-order valence-corrected chi connectivity index (χ1v) is 16.6. The minimum atomic E-state index is -0.0652. The number of likely N-dealkylation sites (tertiary alicyclic amines) is 1. The number of nitrogens with one attached hydrogen (secondary N) is 1. The van der Waals surface area contributed by atoms with Crippen molar-refractivity contribution in [2.45, 2.75) is 70.5 Å². The summed E-state index contributed by atoms with van der Waals surface area (Å²) in [6.45, 7) is 6.20. The number of amides is 3. The van der Waals surface area contributed by atoms with Crippen LogP contribution in [0.4, 0.5) is 4.79 Å². The minimum absolute atomic E-state index is 0.0163. The number of carbonyl (C=O) groups excluding carboxylic acids is 2. The Kier molecular flexibility index (Phi) is 9.07. The summed E-state index contributed by atoms with van der Waals surface area (Å²) >= 11 is 1.65. The standard InChI is InChI=1S/C33H43N5O3S/c1-23(24-9-3-2-4-10-24)34-32(40)30-26-12-5-6-13-28(26)35-31(29-14-8-20-42-29)27(30)21-36-16-18-37(19-17-36)33(41)38-15-7-11-25(38)22-39/h5-6,8,12-14,20,23-25,39H,2-4,7,9-11,15-19,21-22H2,1H3,(H,34,40)/t23-,25-/m0/s1. The molecule has 3 amide bonds. The smallest absolute Gasteiger partial charge is 0.320 e. The van der Waals surface area contributed by atoms with Crippen molar-refractivity contribution in [1.82, 2.24) is 25.0 Å². The number of aliphatic hydroxyl groups is 1. The maximum absolute atomic E-state index is 14.2. The molecule has 3 aromatic rings. The summed E-state index contributed by atoms with van der Waals surface area (Å²) in [5.41, 5.74) is 3.40. The first-order chi connectivity index (χ1) is 20.5. The number of hydrogen-bond acceptors (Lipinski definition) is 6. The number of nitrogens with zero attached hydrogens (tertiary/aromatic N) is 4. The van der Waals surface area contributed by atoms with E-state index in [4.69, 9.17) is 4.98 Å². The first-order valence-electron chi connectivity index (χ1n) is 15.7. The maximum atomic E-state index is 14.2. The normalized spacial score (nSPS) is 21.1. The van der Waals surface area contributed by atoms with Gasteiger partial charge in [0.15, 0.2) is 0 Å². The topological polar surface area (TPSA) is 89.0 Å². The Balaban J connectivity index is 1.28. The van der Waals surface area contributed by atoms with Crippen LogP contribution in [0.1, 0.15) is 67.8 Å². The number of hydrogen-bond donors (Lipinski definition) is 2. The SMILES string of the molecule is C[C@H](NC(=O)c1c(CN2CCN(C(=O)N3CCC[C@H]3CO)CC2)c(-c2cccs2)nc2ccccc12)C1CCCCC1. The molecule has 3 aliphatic rings. The monoisotopic (exact) mass is 589 g/mol. The molecule has 8 nitrogen and oxygen atoms in total. The summed E-state index contributed by atoms with van der Waals surface area (Å²) in [7, 11) is 0. The Morgan fingerprint density at radius 1 is 1.00 bits per heavy atom. The van der Waals surface area contributed by atoms with Gasteiger partial charge in [-0.1, -0.05) is 43.5 Å². The average Bonchev–Trinajstić information content (AvgIpc) is 3.74. The van der Waals surface area contributed by atoms with Gasteiger partial charge in [0.1, 0.15) is 0 Å². The molecule has 4 heterocycles. The van der Waals surface area contributed by atoms with Crippen LogP contribution in [0, 0.1) is 5.92 Å². The number of piperazine rings is 1. The number of thiophene rings is 1. The molecule has 9 heteroatoms. The van der Waals surface area contributed by atoms with Crippen molar-refractivity contribution in [2.24, 2.45) is 5.92 Å². The number of urea groups is 1. The number of aliphatic hydroxyl groups excluding tert-OH is 1. The summed E-state index contributed by atoms with van der Waals surface area (Å²) < 4.78 is 0. The van der Waals surface area contributed by atoms with Gasteiger partial charge < -0.3 is 20.2 Å². The van der Waals surface area contributed by atoms with Gasteiger partial charge in [0.05, 0.1) is 34.3 Å². The van der Waals surface area contributed by atoms with Gasteiger partial charge in [0.2, 0.25) is 0 Å². The summed E-state index contributed by atoms with van der Waals surface area (Å²) in [4.78, 5) is 39.7. The Bertz CT molecular complexity index is 1380. The highest BCUT2D eigenvalue weighted by Crippen LogP contribution is 2.35. The van der Waals surface area contributed by atoms with Crippen molar-refractivity contribution in [3.05, 3.63) is 52.9 Å². The van der Waals surface area contributed by atoms with E-state index in [1.807, 2.05) is 40.1 Å². The van der Waals surface area contributed by atoms with E-state index in [9.17, 15) is 14.7 Å². The molecule has 3 fully saturated rings. The van der Waals surface area contributed by atoms with Crippen LogP contribution in [0.2, 0.25) is 0 Å². The Morgan fingerprint density at radius 2 is 1.79 bits per heavy atom. The lowest BCUT2D eigenvalue weighted by atomic mass is 9.84. The lowest BCUT2D eigenvalue weighted by molar-refractivity contribution is 0.0912. The fourth-order valence-corrected chi connectivity index (χ4v) is 7.83. The number of carbonyl (C=O) groups is 2. The molecular weight excluding hydrogens is 546 g/mol. The quantitative estimate of drug-likeness (QED) is 0.388. The highest BCUT2D eigenvalue weighted by molar-refractivity contribution is 7.13. The van der Waals surface area contributed by atoms with Crippen LogP contribution in [-0.4, -0.2) is 88.1 Å². The second-order valence-electron chi connectivity index (χ2n) is 12.2. The molecule has 2 N–H and O–H groups in total. The zero-order valence-electron chi connectivity index (χ0n) is 24.6. The van der Waals surface area contributed by atoms with Gasteiger partial charge in [0, 0.05) is 56.3 Å². The Morgan fingerprint density at radius 3 is 2.52 bits per heavy atom. The Hall–Kier alpha value is -3.01. The maximum Gasteiger partial charge on any atom is 0.320 e. The van der Waals surface area contributed by atoms with E-state index in [0.29, 0.717) is 25.6 Å². The molecule has 2 atom stereocenters. The molecule has 224 valence electrons. The molecule has 2 aliphatic heterocycles. The summed E-state index contributed by atoms with van der Waals surface area (Å²) in [6, 6.07) is 12.2. The number of rotatable bonds is 7. The van der Waals surface area contributed by atoms with E-state index >= 15 is 0 Å². The molecule has 1 saturated carbocycles. The molecule has 0 unspecified atom stereocenters. The highest BCUT2D eigenvalue weighted by atomic mass is 32.1. The summed E-state index contributed by atoms with van der Waals surface area (Å²) in [5.74, 6) is 0.500. The number of benzene rings is 1. The van der Waals surface area contributed by atoms with Crippen LogP contribution in [0.3, 0.4) is 0 Å². The number of aromatic nitrogens is 1. The van der Waals surface area contributed by atoms with Crippen LogP contribution >= 0.6 is 11.3 Å². The van der Waals surface area contributed by atoms with Gasteiger partial charge in [-0.05, 0) is 56.0 Å². The van der Waals surface area contributed by atoms with Gasteiger partial charge >= 0.3 is 6.03 Å². The summed E-state index contributed by atoms with van der Waals surface area (Å²) in [5, 5.41) is 16.1. The van der Waals surface area contributed by atoms with Gasteiger partial charge in [-0.25, -0.2) is 9.78 Å². The molecule has 6 rings (SSSR count). The zero-order chi connectivity index (χ0) is 29.1. The Labute approximate surface area is 252 Å². The van der Waals surface area contributed by atoms with Crippen LogP contribution in [-0.2, 0) is 6.54 Å². The summed E-state index contributed by atoms with van der Waals surface area (Å²) in [6.07, 6.45) is 7.93. The van der Waals surface area contributed by atoms with Gasteiger partial charge in [0.25, 0.3) is 5.91 Å². The van der Waals surface area contributed by atoms with Crippen LogP contribution in [0.5, 0.6) is 0 Å². The average molecular weight is 590 g/mol. The predicted molar refractivity (Wildman–Crippen MR) is 168 cm³/mol. The third kappa shape index (κ3) is 6.05. The van der Waals surface area contributed by atoms with E-state index in [1.54, 1.807) is 11.3 Å².